The summed E-state index contributed by atoms with van der Waals surface area (Å²) < 4.78 is 5.39. The molecule has 3 heterocycles. The zero-order valence-corrected chi connectivity index (χ0v) is 17.7. The van der Waals surface area contributed by atoms with Gasteiger partial charge in [-0.2, -0.15) is 0 Å². The van der Waals surface area contributed by atoms with Gasteiger partial charge in [0.2, 0.25) is 0 Å². The Hall–Kier alpha value is -1.80. The van der Waals surface area contributed by atoms with Crippen molar-refractivity contribution in [1.82, 2.24) is 26.0 Å². The number of rotatable bonds is 4. The third kappa shape index (κ3) is 3.28. The minimum atomic E-state index is -0.0521. The average molecular weight is 415 g/mol. The molecule has 3 N–H and O–H groups in total. The van der Waals surface area contributed by atoms with Gasteiger partial charge in [0.25, 0.3) is 0 Å². The first-order valence-corrected chi connectivity index (χ1v) is 11.8. The molecular formula is C22H34N6O2. The fraction of sp³-hybridized carbons (Fsp3) is 0.818. The SMILES string of the molecule is O=C(NCCN1CCOCC1)N1CC2=C(NC=NC2C23CC4CC(CC(C4)C2)C3)N1. The van der Waals surface area contributed by atoms with E-state index in [1.54, 1.807) is 5.01 Å². The number of carbonyl (C=O) groups is 1. The number of nitrogens with one attached hydrogen (secondary N) is 3. The van der Waals surface area contributed by atoms with E-state index in [9.17, 15) is 4.79 Å². The Bertz CT molecular complexity index is 723. The van der Waals surface area contributed by atoms with Crippen LogP contribution in [0, 0.1) is 23.2 Å². The van der Waals surface area contributed by atoms with E-state index in [0.717, 1.165) is 56.4 Å². The standard InChI is InChI=1S/C22H34N6O2/c29-21(23-1-2-27-3-5-30-6-4-27)28-13-18-19(24-14-25-20(18)26-28)22-10-15-7-16(11-22)9-17(8-15)12-22/h14-17,19,26H,1-13H2,(H,23,29)(H,24,25). The number of aliphatic imine (C=N–C) groups is 1. The van der Waals surface area contributed by atoms with Gasteiger partial charge in [0.1, 0.15) is 5.82 Å². The molecule has 0 aromatic rings. The highest BCUT2D eigenvalue weighted by atomic mass is 16.5. The van der Waals surface area contributed by atoms with Crippen LogP contribution in [-0.4, -0.2) is 74.3 Å². The fourth-order valence-electron chi connectivity index (χ4n) is 7.51. The largest absolute Gasteiger partial charge is 0.379 e. The van der Waals surface area contributed by atoms with Gasteiger partial charge in [0.05, 0.1) is 32.1 Å². The molecule has 0 aromatic carbocycles. The highest BCUT2D eigenvalue weighted by Gasteiger charge is 2.56. The van der Waals surface area contributed by atoms with E-state index in [-0.39, 0.29) is 12.1 Å². The van der Waals surface area contributed by atoms with Gasteiger partial charge in [-0.3, -0.25) is 15.3 Å². The van der Waals surface area contributed by atoms with E-state index in [4.69, 9.17) is 9.73 Å². The quantitative estimate of drug-likeness (QED) is 0.646. The van der Waals surface area contributed by atoms with Crippen LogP contribution in [0.3, 0.4) is 0 Å². The molecule has 0 aromatic heterocycles. The number of amides is 2. The van der Waals surface area contributed by atoms with Crippen LogP contribution < -0.4 is 16.1 Å². The second-order valence-electron chi connectivity index (χ2n) is 10.4. The molecule has 8 heteroatoms. The lowest BCUT2D eigenvalue weighted by Gasteiger charge is -2.59. The molecule has 7 aliphatic rings. The summed E-state index contributed by atoms with van der Waals surface area (Å²) in [6, 6.07) is 0.171. The molecule has 4 aliphatic carbocycles. The second kappa shape index (κ2) is 7.41. The van der Waals surface area contributed by atoms with Crippen molar-refractivity contribution in [3.8, 4) is 0 Å². The molecule has 3 aliphatic heterocycles. The maximum absolute atomic E-state index is 12.8. The summed E-state index contributed by atoms with van der Waals surface area (Å²) in [6.07, 6.45) is 10.1. The predicted octanol–water partition coefficient (Wildman–Crippen LogP) is 1.28. The van der Waals surface area contributed by atoms with Gasteiger partial charge in [0, 0.05) is 31.8 Å². The monoisotopic (exact) mass is 414 g/mol. The van der Waals surface area contributed by atoms with Crippen molar-refractivity contribution in [2.75, 3.05) is 45.9 Å². The Kier molecular flexibility index (Phi) is 4.67. The number of nitrogens with zero attached hydrogens (tertiary/aromatic N) is 3. The summed E-state index contributed by atoms with van der Waals surface area (Å²) in [5.74, 6) is 3.69. The molecule has 1 atom stereocenters. The van der Waals surface area contributed by atoms with E-state index < -0.39 is 0 Å². The van der Waals surface area contributed by atoms with Crippen LogP contribution in [-0.2, 0) is 4.74 Å². The van der Waals surface area contributed by atoms with Gasteiger partial charge in [-0.15, -0.1) is 0 Å². The van der Waals surface area contributed by atoms with Gasteiger partial charge < -0.3 is 15.4 Å². The molecule has 8 nitrogen and oxygen atoms in total. The van der Waals surface area contributed by atoms with E-state index in [2.05, 4.69) is 21.0 Å². The third-order valence-electron chi connectivity index (χ3n) is 8.38. The van der Waals surface area contributed by atoms with Crippen molar-refractivity contribution >= 4 is 12.4 Å². The second-order valence-corrected chi connectivity index (χ2v) is 10.4. The maximum atomic E-state index is 12.8. The van der Waals surface area contributed by atoms with E-state index >= 15 is 0 Å². The molecule has 7 rings (SSSR count). The maximum Gasteiger partial charge on any atom is 0.336 e. The van der Waals surface area contributed by atoms with E-state index in [0.29, 0.717) is 18.5 Å². The third-order valence-corrected chi connectivity index (χ3v) is 8.38. The van der Waals surface area contributed by atoms with Crippen LogP contribution in [0.1, 0.15) is 38.5 Å². The Balaban J connectivity index is 1.09. The summed E-state index contributed by atoms with van der Waals surface area (Å²) in [5.41, 5.74) is 4.91. The smallest absolute Gasteiger partial charge is 0.336 e. The van der Waals surface area contributed by atoms with Gasteiger partial charge in [-0.1, -0.05) is 0 Å². The van der Waals surface area contributed by atoms with E-state index in [1.165, 1.54) is 44.1 Å². The molecule has 4 bridgehead atoms. The molecule has 164 valence electrons. The summed E-state index contributed by atoms with van der Waals surface area (Å²) in [5, 5.41) is 8.07. The Morgan fingerprint density at radius 3 is 2.57 bits per heavy atom. The number of hydrogen-bond donors (Lipinski definition) is 3. The van der Waals surface area contributed by atoms with Crippen LogP contribution in [0.2, 0.25) is 0 Å². The molecule has 2 amide bonds. The number of hydrazine groups is 1. The minimum absolute atomic E-state index is 0.0521. The Morgan fingerprint density at radius 1 is 1.17 bits per heavy atom. The topological polar surface area (TPSA) is 81.2 Å². The molecule has 30 heavy (non-hydrogen) atoms. The number of carbonyl (C=O) groups excluding carboxylic acids is 1. The fourth-order valence-corrected chi connectivity index (χ4v) is 7.51. The van der Waals surface area contributed by atoms with Gasteiger partial charge >= 0.3 is 6.03 Å². The van der Waals surface area contributed by atoms with Crippen LogP contribution >= 0.6 is 0 Å². The number of morpholine rings is 1. The highest BCUT2D eigenvalue weighted by molar-refractivity contribution is 5.75. The molecule has 4 saturated carbocycles. The number of urea groups is 1. The normalized spacial score (nSPS) is 39.7. The van der Waals surface area contributed by atoms with Crippen LogP contribution in [0.4, 0.5) is 4.79 Å². The summed E-state index contributed by atoms with van der Waals surface area (Å²) in [4.78, 5) is 20.1. The van der Waals surface area contributed by atoms with Crippen molar-refractivity contribution in [2.24, 2.45) is 28.2 Å². The van der Waals surface area contributed by atoms with Gasteiger partial charge in [0.15, 0.2) is 0 Å². The molecule has 5 fully saturated rings. The van der Waals surface area contributed by atoms with Crippen molar-refractivity contribution in [3.63, 3.8) is 0 Å². The minimum Gasteiger partial charge on any atom is -0.379 e. The zero-order valence-electron chi connectivity index (χ0n) is 17.7. The van der Waals surface area contributed by atoms with Crippen LogP contribution in [0.25, 0.3) is 0 Å². The molecule has 1 unspecified atom stereocenters. The Labute approximate surface area is 178 Å². The number of ether oxygens (including phenoxy) is 1. The highest BCUT2D eigenvalue weighted by Crippen LogP contribution is 2.62. The first kappa shape index (κ1) is 18.9. The van der Waals surface area contributed by atoms with Crippen LogP contribution in [0.5, 0.6) is 0 Å². The average Bonchev–Trinajstić information content (AvgIpc) is 3.18. The lowest BCUT2D eigenvalue weighted by molar-refractivity contribution is -0.0609. The van der Waals surface area contributed by atoms with Gasteiger partial charge in [-0.05, 0) is 61.7 Å². The first-order chi connectivity index (χ1) is 14.7. The van der Waals surface area contributed by atoms with Crippen LogP contribution in [0.15, 0.2) is 16.4 Å². The number of hydrogen-bond acceptors (Lipinski definition) is 6. The van der Waals surface area contributed by atoms with Crippen molar-refractivity contribution in [3.05, 3.63) is 11.4 Å². The predicted molar refractivity (Wildman–Crippen MR) is 114 cm³/mol. The summed E-state index contributed by atoms with van der Waals surface area (Å²) in [7, 11) is 0. The molecule has 0 spiro atoms. The summed E-state index contributed by atoms with van der Waals surface area (Å²) >= 11 is 0. The zero-order chi connectivity index (χ0) is 20.1. The lowest BCUT2D eigenvalue weighted by Crippen LogP contribution is -2.53. The van der Waals surface area contributed by atoms with Crippen molar-refractivity contribution in [1.29, 1.82) is 0 Å². The molecule has 0 radical (unpaired) electrons. The van der Waals surface area contributed by atoms with Crippen molar-refractivity contribution < 1.29 is 9.53 Å². The molecular weight excluding hydrogens is 380 g/mol. The lowest BCUT2D eigenvalue weighted by atomic mass is 9.47. The summed E-state index contributed by atoms with van der Waals surface area (Å²) in [6.45, 7) is 5.61. The Morgan fingerprint density at radius 2 is 1.87 bits per heavy atom. The molecule has 1 saturated heterocycles. The van der Waals surface area contributed by atoms with Gasteiger partial charge in [-0.25, -0.2) is 9.80 Å². The first-order valence-electron chi connectivity index (χ1n) is 11.8. The van der Waals surface area contributed by atoms with Crippen molar-refractivity contribution in [2.45, 2.75) is 44.6 Å². The van der Waals surface area contributed by atoms with E-state index in [1.807, 2.05) is 6.34 Å².